The van der Waals surface area contributed by atoms with Gasteiger partial charge in [0.05, 0.1) is 23.8 Å². The number of rotatable bonds is 5. The number of amides is 1. The normalized spacial score (nSPS) is 18.3. The molecule has 2 aliphatic heterocycles. The number of benzene rings is 2. The second-order valence-corrected chi connectivity index (χ2v) is 10.0. The fourth-order valence-electron chi connectivity index (χ4n) is 4.03. The van der Waals surface area contributed by atoms with Gasteiger partial charge in [-0.15, -0.1) is 0 Å². The Hall–Kier alpha value is -2.42. The van der Waals surface area contributed by atoms with Crippen molar-refractivity contribution in [2.24, 2.45) is 5.92 Å². The van der Waals surface area contributed by atoms with Gasteiger partial charge in [-0.25, -0.2) is 8.42 Å². The van der Waals surface area contributed by atoms with Crippen molar-refractivity contribution in [1.29, 1.82) is 0 Å². The summed E-state index contributed by atoms with van der Waals surface area (Å²) >= 11 is 0. The number of carbonyl (C=O) groups is 1. The zero-order valence-electron chi connectivity index (χ0n) is 17.9. The number of piperidine rings is 1. The average Bonchev–Trinajstić information content (AvgIpc) is 3.34. The molecule has 0 aromatic heterocycles. The summed E-state index contributed by atoms with van der Waals surface area (Å²) in [5.74, 6) is 0.289. The Morgan fingerprint density at radius 3 is 2.13 bits per heavy atom. The number of carbonyl (C=O) groups excluding carboxylic acids is 1. The molecule has 1 amide bonds. The highest BCUT2D eigenvalue weighted by Gasteiger charge is 2.32. The molecule has 2 aromatic carbocycles. The van der Waals surface area contributed by atoms with Gasteiger partial charge in [0.1, 0.15) is 0 Å². The van der Waals surface area contributed by atoms with Gasteiger partial charge in [0, 0.05) is 31.6 Å². The number of aryl methyl sites for hydroxylation is 1. The minimum absolute atomic E-state index is 0.0395. The summed E-state index contributed by atoms with van der Waals surface area (Å²) in [6.07, 6.45) is 1.57. The molecule has 2 heterocycles. The van der Waals surface area contributed by atoms with Crippen LogP contribution in [0.3, 0.4) is 0 Å². The molecule has 0 unspecified atom stereocenters. The van der Waals surface area contributed by atoms with Crippen molar-refractivity contribution < 1.29 is 22.7 Å². The molecule has 31 heavy (non-hydrogen) atoms. The lowest BCUT2D eigenvalue weighted by Crippen LogP contribution is -2.41. The molecule has 0 bridgehead atoms. The van der Waals surface area contributed by atoms with E-state index in [2.05, 4.69) is 0 Å². The van der Waals surface area contributed by atoms with Crippen molar-refractivity contribution in [1.82, 2.24) is 4.90 Å². The minimum atomic E-state index is -3.66. The first kappa shape index (κ1) is 21.8. The third kappa shape index (κ3) is 4.61. The highest BCUT2D eigenvalue weighted by Crippen LogP contribution is 2.27. The molecule has 4 rings (SSSR count). The van der Waals surface area contributed by atoms with E-state index in [1.165, 1.54) is 11.4 Å². The monoisotopic (exact) mass is 444 g/mol. The first-order chi connectivity index (χ1) is 14.9. The largest absolute Gasteiger partial charge is 0.350 e. The summed E-state index contributed by atoms with van der Waals surface area (Å²) in [5, 5.41) is 0. The van der Waals surface area contributed by atoms with Gasteiger partial charge in [-0.2, -0.15) is 0 Å². The van der Waals surface area contributed by atoms with E-state index in [-0.39, 0.29) is 17.1 Å². The molecule has 2 aliphatic rings. The van der Waals surface area contributed by atoms with Crippen LogP contribution in [0.25, 0.3) is 0 Å². The Morgan fingerprint density at radius 2 is 1.55 bits per heavy atom. The molecule has 7 nitrogen and oxygen atoms in total. The fraction of sp³-hybridized carbons (Fsp3) is 0.435. The summed E-state index contributed by atoms with van der Waals surface area (Å²) in [4.78, 5) is 15.0. The van der Waals surface area contributed by atoms with Gasteiger partial charge in [-0.1, -0.05) is 17.7 Å². The van der Waals surface area contributed by atoms with Gasteiger partial charge in [0.2, 0.25) is 0 Å². The molecule has 8 heteroatoms. The van der Waals surface area contributed by atoms with Crippen molar-refractivity contribution in [3.05, 3.63) is 59.7 Å². The van der Waals surface area contributed by atoms with Gasteiger partial charge in [0.15, 0.2) is 6.29 Å². The van der Waals surface area contributed by atoms with Crippen molar-refractivity contribution in [2.75, 3.05) is 37.7 Å². The molecule has 0 N–H and O–H groups in total. The molecule has 0 spiro atoms. The Bertz CT molecular complexity index is 1010. The quantitative estimate of drug-likeness (QED) is 0.709. The first-order valence-electron chi connectivity index (χ1n) is 10.5. The molecule has 166 valence electrons. The lowest BCUT2D eigenvalue weighted by molar-refractivity contribution is -0.0956. The molecule has 2 aromatic rings. The summed E-state index contributed by atoms with van der Waals surface area (Å²) < 4.78 is 38.2. The molecule has 0 atom stereocenters. The third-order valence-corrected chi connectivity index (χ3v) is 7.82. The van der Waals surface area contributed by atoms with Crippen LogP contribution in [-0.4, -0.2) is 58.9 Å². The summed E-state index contributed by atoms with van der Waals surface area (Å²) in [5.41, 5.74) is 2.06. The van der Waals surface area contributed by atoms with Crippen LogP contribution in [0.2, 0.25) is 0 Å². The smallest absolute Gasteiger partial charge is 0.264 e. The van der Waals surface area contributed by atoms with Crippen LogP contribution < -0.4 is 4.31 Å². The Labute approximate surface area is 183 Å². The second-order valence-electron chi connectivity index (χ2n) is 8.07. The van der Waals surface area contributed by atoms with Crippen LogP contribution in [0, 0.1) is 12.8 Å². The van der Waals surface area contributed by atoms with Crippen molar-refractivity contribution in [3.63, 3.8) is 0 Å². The molecular formula is C23H28N2O5S. The second kappa shape index (κ2) is 8.98. The predicted octanol–water partition coefficient (Wildman–Crippen LogP) is 3.05. The highest BCUT2D eigenvalue weighted by atomic mass is 32.2. The lowest BCUT2D eigenvalue weighted by atomic mass is 9.95. The number of hydrogen-bond acceptors (Lipinski definition) is 5. The maximum Gasteiger partial charge on any atom is 0.264 e. The van der Waals surface area contributed by atoms with E-state index < -0.39 is 10.0 Å². The van der Waals surface area contributed by atoms with Crippen molar-refractivity contribution in [2.45, 2.75) is 31.0 Å². The summed E-state index contributed by atoms with van der Waals surface area (Å²) in [6.45, 7) is 4.52. The number of hydrogen-bond donors (Lipinski definition) is 0. The number of sulfonamides is 1. The highest BCUT2D eigenvalue weighted by molar-refractivity contribution is 7.92. The van der Waals surface area contributed by atoms with E-state index in [1.807, 2.05) is 11.8 Å². The maximum absolute atomic E-state index is 12.9. The molecule has 2 saturated heterocycles. The Kier molecular flexibility index (Phi) is 6.31. The van der Waals surface area contributed by atoms with Gasteiger partial charge in [-0.3, -0.25) is 9.10 Å². The SMILES string of the molecule is Cc1ccc(S(=O)(=O)N(C)c2ccc(C(=O)N3CCC(C4OCCO4)CC3)cc2)cc1. The van der Waals surface area contributed by atoms with E-state index >= 15 is 0 Å². The van der Waals surface area contributed by atoms with Crippen LogP contribution in [0.15, 0.2) is 53.4 Å². The molecule has 0 saturated carbocycles. The topological polar surface area (TPSA) is 76.2 Å². The Morgan fingerprint density at radius 1 is 0.968 bits per heavy atom. The fourth-order valence-corrected chi connectivity index (χ4v) is 5.22. The zero-order chi connectivity index (χ0) is 22.0. The molecule has 0 radical (unpaired) electrons. The van der Waals surface area contributed by atoms with Gasteiger partial charge >= 0.3 is 0 Å². The lowest BCUT2D eigenvalue weighted by Gasteiger charge is -2.34. The number of ether oxygens (including phenoxy) is 2. The van der Waals surface area contributed by atoms with Crippen LogP contribution in [0.4, 0.5) is 5.69 Å². The summed E-state index contributed by atoms with van der Waals surface area (Å²) in [7, 11) is -2.14. The van der Waals surface area contributed by atoms with Gasteiger partial charge in [-0.05, 0) is 56.2 Å². The van der Waals surface area contributed by atoms with Crippen LogP contribution >= 0.6 is 0 Å². The van der Waals surface area contributed by atoms with E-state index in [9.17, 15) is 13.2 Å². The van der Waals surface area contributed by atoms with Gasteiger partial charge in [0.25, 0.3) is 15.9 Å². The number of nitrogens with zero attached hydrogens (tertiary/aromatic N) is 2. The average molecular weight is 445 g/mol. The van der Waals surface area contributed by atoms with Gasteiger partial charge < -0.3 is 14.4 Å². The number of anilines is 1. The van der Waals surface area contributed by atoms with E-state index in [4.69, 9.17) is 9.47 Å². The third-order valence-electron chi connectivity index (χ3n) is 6.02. The molecule has 2 fully saturated rings. The standard InChI is InChI=1S/C23H28N2O5S/c1-17-3-9-21(10-4-17)31(27,28)24(2)20-7-5-18(6-8-20)22(26)25-13-11-19(12-14-25)23-29-15-16-30-23/h3-10,19,23H,11-16H2,1-2H3. The first-order valence-corrected chi connectivity index (χ1v) is 12.0. The van der Waals surface area contributed by atoms with Crippen molar-refractivity contribution in [3.8, 4) is 0 Å². The number of likely N-dealkylation sites (tertiary alicyclic amines) is 1. The van der Waals surface area contributed by atoms with Crippen molar-refractivity contribution >= 4 is 21.6 Å². The minimum Gasteiger partial charge on any atom is -0.350 e. The van der Waals surface area contributed by atoms with E-state index in [1.54, 1.807) is 48.5 Å². The molecular weight excluding hydrogens is 416 g/mol. The Balaban J connectivity index is 1.40. The van der Waals surface area contributed by atoms with Crippen LogP contribution in [0.5, 0.6) is 0 Å². The predicted molar refractivity (Wildman–Crippen MR) is 118 cm³/mol. The maximum atomic E-state index is 12.9. The summed E-state index contributed by atoms with van der Waals surface area (Å²) in [6, 6.07) is 13.5. The van der Waals surface area contributed by atoms with E-state index in [0.29, 0.717) is 43.5 Å². The molecule has 0 aliphatic carbocycles. The van der Waals surface area contributed by atoms with Crippen LogP contribution in [0.1, 0.15) is 28.8 Å². The van der Waals surface area contributed by atoms with E-state index in [0.717, 1.165) is 18.4 Å². The van der Waals surface area contributed by atoms with Crippen LogP contribution in [-0.2, 0) is 19.5 Å². The zero-order valence-corrected chi connectivity index (χ0v) is 18.7.